The molecule has 1 amide bonds. The van der Waals surface area contributed by atoms with Crippen molar-refractivity contribution < 1.29 is 4.79 Å². The van der Waals surface area contributed by atoms with Gasteiger partial charge in [-0.3, -0.25) is 4.79 Å². The Morgan fingerprint density at radius 2 is 2.12 bits per heavy atom. The first kappa shape index (κ1) is 16.6. The van der Waals surface area contributed by atoms with E-state index in [1.54, 1.807) is 11.3 Å². The van der Waals surface area contributed by atoms with Gasteiger partial charge >= 0.3 is 0 Å². The summed E-state index contributed by atoms with van der Waals surface area (Å²) in [6.45, 7) is 2.25. The first-order valence-electron chi connectivity index (χ1n) is 8.40. The number of nitrogens with zero attached hydrogens (tertiary/aromatic N) is 2. The Morgan fingerprint density at radius 1 is 1.33 bits per heavy atom. The van der Waals surface area contributed by atoms with E-state index in [0.29, 0.717) is 16.8 Å². The predicted molar refractivity (Wildman–Crippen MR) is 101 cm³/mol. The average molecular weight is 382 g/mol. The Bertz CT molecular complexity index is 739. The number of rotatable bonds is 5. The number of amides is 1. The van der Waals surface area contributed by atoms with Crippen LogP contribution in [-0.2, 0) is 4.79 Å². The minimum absolute atomic E-state index is 0.113. The molecule has 0 atom stereocenters. The van der Waals surface area contributed by atoms with E-state index >= 15 is 0 Å². The number of thiazole rings is 1. The van der Waals surface area contributed by atoms with Crippen molar-refractivity contribution in [3.05, 3.63) is 23.2 Å². The molecule has 4 nitrogen and oxygen atoms in total. The zero-order valence-corrected chi connectivity index (χ0v) is 15.7. The summed E-state index contributed by atoms with van der Waals surface area (Å²) in [5, 5.41) is 3.88. The molecule has 2 heterocycles. The molecule has 2 aromatic rings. The summed E-state index contributed by atoms with van der Waals surface area (Å²) >= 11 is 9.10. The molecule has 0 unspecified atom stereocenters. The second kappa shape index (κ2) is 7.20. The molecule has 1 saturated heterocycles. The van der Waals surface area contributed by atoms with Crippen molar-refractivity contribution in [3.8, 4) is 0 Å². The number of carbonyl (C=O) groups is 1. The van der Waals surface area contributed by atoms with Gasteiger partial charge in [-0.05, 0) is 43.9 Å². The van der Waals surface area contributed by atoms with Gasteiger partial charge < -0.3 is 10.2 Å². The van der Waals surface area contributed by atoms with Crippen LogP contribution in [0.4, 0.5) is 0 Å². The minimum Gasteiger partial charge on any atom is -0.353 e. The molecule has 1 aromatic heterocycles. The van der Waals surface area contributed by atoms with E-state index in [1.807, 2.05) is 18.2 Å². The van der Waals surface area contributed by atoms with E-state index in [1.165, 1.54) is 24.6 Å². The summed E-state index contributed by atoms with van der Waals surface area (Å²) in [5.74, 6) is 0.540. The highest BCUT2D eigenvalue weighted by molar-refractivity contribution is 8.01. The van der Waals surface area contributed by atoms with Crippen LogP contribution >= 0.6 is 34.7 Å². The lowest BCUT2D eigenvalue weighted by atomic mass is 10.1. The number of hydrogen-bond acceptors (Lipinski definition) is 5. The van der Waals surface area contributed by atoms with Gasteiger partial charge in [0.15, 0.2) is 4.34 Å². The Labute approximate surface area is 155 Å². The van der Waals surface area contributed by atoms with Gasteiger partial charge in [-0.25, -0.2) is 4.98 Å². The van der Waals surface area contributed by atoms with Gasteiger partial charge in [-0.2, -0.15) is 0 Å². The lowest BCUT2D eigenvalue weighted by molar-refractivity contribution is -0.119. The standard InChI is InChI=1S/C17H20ClN3OS2/c18-11-1-4-15-14(9-11)20-17(24-15)23-10-16(22)19-12-5-7-21(8-6-12)13-2-3-13/h1,4,9,12-13H,2-3,5-8,10H2,(H,19,22). The molecule has 24 heavy (non-hydrogen) atoms. The molecule has 1 aliphatic carbocycles. The molecule has 0 bridgehead atoms. The van der Waals surface area contributed by atoms with Crippen LogP contribution in [0.25, 0.3) is 10.2 Å². The minimum atomic E-state index is 0.113. The van der Waals surface area contributed by atoms with Crippen molar-refractivity contribution >= 4 is 50.8 Å². The van der Waals surface area contributed by atoms with Crippen LogP contribution in [0.5, 0.6) is 0 Å². The molecule has 1 saturated carbocycles. The van der Waals surface area contributed by atoms with Gasteiger partial charge in [-0.1, -0.05) is 23.4 Å². The lowest BCUT2D eigenvalue weighted by Crippen LogP contribution is -2.45. The number of halogens is 1. The van der Waals surface area contributed by atoms with E-state index in [0.717, 1.165) is 46.5 Å². The first-order valence-corrected chi connectivity index (χ1v) is 10.6. The second-order valence-corrected chi connectivity index (χ2v) is 9.18. The Balaban J connectivity index is 1.25. The summed E-state index contributed by atoms with van der Waals surface area (Å²) < 4.78 is 2.03. The number of nitrogens with one attached hydrogen (secondary N) is 1. The van der Waals surface area contributed by atoms with Crippen LogP contribution in [0, 0.1) is 0 Å². The fourth-order valence-corrected chi connectivity index (χ4v) is 5.21. The third kappa shape index (κ3) is 4.04. The van der Waals surface area contributed by atoms with Gasteiger partial charge in [0.1, 0.15) is 0 Å². The van der Waals surface area contributed by atoms with Gasteiger partial charge in [0, 0.05) is 30.2 Å². The Kier molecular flexibility index (Phi) is 4.99. The maximum atomic E-state index is 12.2. The number of likely N-dealkylation sites (tertiary alicyclic amines) is 1. The van der Waals surface area contributed by atoms with Crippen molar-refractivity contribution in [2.75, 3.05) is 18.8 Å². The van der Waals surface area contributed by atoms with Gasteiger partial charge in [0.2, 0.25) is 5.91 Å². The molecule has 2 aliphatic rings. The van der Waals surface area contributed by atoms with E-state index in [4.69, 9.17) is 11.6 Å². The molecule has 1 N–H and O–H groups in total. The fraction of sp³-hybridized carbons (Fsp3) is 0.529. The summed E-state index contributed by atoms with van der Waals surface area (Å²) in [6.07, 6.45) is 4.88. The monoisotopic (exact) mass is 381 g/mol. The molecule has 128 valence electrons. The first-order chi connectivity index (χ1) is 11.7. The highest BCUT2D eigenvalue weighted by atomic mass is 35.5. The molecule has 1 aromatic carbocycles. The second-order valence-electron chi connectivity index (χ2n) is 6.49. The number of carbonyl (C=O) groups excluding carboxylic acids is 1. The molecule has 7 heteroatoms. The van der Waals surface area contributed by atoms with Crippen molar-refractivity contribution in [2.45, 2.75) is 42.1 Å². The summed E-state index contributed by atoms with van der Waals surface area (Å²) in [4.78, 5) is 19.3. The van der Waals surface area contributed by atoms with Crippen LogP contribution < -0.4 is 5.32 Å². The summed E-state index contributed by atoms with van der Waals surface area (Å²) in [5.41, 5.74) is 0.905. The topological polar surface area (TPSA) is 45.2 Å². The number of aromatic nitrogens is 1. The number of fused-ring (bicyclic) bond motifs is 1. The number of piperidine rings is 1. The molecule has 4 rings (SSSR count). The molecular formula is C17H20ClN3OS2. The van der Waals surface area contributed by atoms with Gasteiger partial charge in [0.25, 0.3) is 0 Å². The van der Waals surface area contributed by atoms with Crippen LogP contribution in [0.1, 0.15) is 25.7 Å². The fourth-order valence-electron chi connectivity index (χ4n) is 3.19. The lowest BCUT2D eigenvalue weighted by Gasteiger charge is -2.32. The summed E-state index contributed by atoms with van der Waals surface area (Å²) in [6, 6.07) is 6.89. The summed E-state index contributed by atoms with van der Waals surface area (Å²) in [7, 11) is 0. The largest absolute Gasteiger partial charge is 0.353 e. The molecule has 2 fully saturated rings. The predicted octanol–water partition coefficient (Wildman–Crippen LogP) is 3.78. The van der Waals surface area contributed by atoms with Crippen molar-refractivity contribution in [3.63, 3.8) is 0 Å². The smallest absolute Gasteiger partial charge is 0.230 e. The van der Waals surface area contributed by atoms with E-state index in [-0.39, 0.29) is 5.91 Å². The van der Waals surface area contributed by atoms with E-state index in [9.17, 15) is 4.79 Å². The van der Waals surface area contributed by atoms with E-state index < -0.39 is 0 Å². The maximum Gasteiger partial charge on any atom is 0.230 e. The quantitative estimate of drug-likeness (QED) is 0.800. The average Bonchev–Trinajstić information content (AvgIpc) is 3.34. The number of hydrogen-bond donors (Lipinski definition) is 1. The number of benzene rings is 1. The SMILES string of the molecule is O=C(CSc1nc2cc(Cl)ccc2s1)NC1CCN(C2CC2)CC1. The highest BCUT2D eigenvalue weighted by Gasteiger charge is 2.32. The zero-order valence-electron chi connectivity index (χ0n) is 13.3. The van der Waals surface area contributed by atoms with Crippen molar-refractivity contribution in [1.29, 1.82) is 0 Å². The van der Waals surface area contributed by atoms with Crippen molar-refractivity contribution in [1.82, 2.24) is 15.2 Å². The Morgan fingerprint density at radius 3 is 2.88 bits per heavy atom. The van der Waals surface area contributed by atoms with Gasteiger partial charge in [0.05, 0.1) is 16.0 Å². The van der Waals surface area contributed by atoms with Gasteiger partial charge in [-0.15, -0.1) is 11.3 Å². The van der Waals surface area contributed by atoms with Crippen LogP contribution in [0.2, 0.25) is 5.02 Å². The zero-order chi connectivity index (χ0) is 16.5. The third-order valence-electron chi connectivity index (χ3n) is 4.61. The van der Waals surface area contributed by atoms with Crippen LogP contribution in [0.15, 0.2) is 22.5 Å². The Hall–Kier alpha value is -0.820. The molecule has 1 aliphatic heterocycles. The highest BCUT2D eigenvalue weighted by Crippen LogP contribution is 2.31. The normalized spacial score (nSPS) is 19.7. The van der Waals surface area contributed by atoms with E-state index in [2.05, 4.69) is 15.2 Å². The maximum absolute atomic E-state index is 12.2. The number of thioether (sulfide) groups is 1. The molecular weight excluding hydrogens is 362 g/mol. The van der Waals surface area contributed by atoms with Crippen LogP contribution in [-0.4, -0.2) is 46.7 Å². The van der Waals surface area contributed by atoms with Crippen LogP contribution in [0.3, 0.4) is 0 Å². The van der Waals surface area contributed by atoms with Crippen molar-refractivity contribution in [2.24, 2.45) is 0 Å². The third-order valence-corrected chi connectivity index (χ3v) is 7.03. The molecule has 0 spiro atoms. The molecule has 0 radical (unpaired) electrons.